The highest BCUT2D eigenvalue weighted by Crippen LogP contribution is 2.22. The van der Waals surface area contributed by atoms with E-state index in [1.54, 1.807) is 12.1 Å². The molecule has 0 amide bonds. The van der Waals surface area contributed by atoms with E-state index in [9.17, 15) is 8.42 Å². The molecule has 2 N–H and O–H groups in total. The third kappa shape index (κ3) is 5.44. The smallest absolute Gasteiger partial charge is 0.294 e. The van der Waals surface area contributed by atoms with E-state index < -0.39 is 10.1 Å². The maximum atomic E-state index is 11.1. The molecule has 0 radical (unpaired) electrons. The quantitative estimate of drug-likeness (QED) is 0.600. The van der Waals surface area contributed by atoms with Crippen LogP contribution in [0, 0.1) is 0 Å². The lowest BCUT2D eigenvalue weighted by Crippen LogP contribution is -2.26. The van der Waals surface area contributed by atoms with Crippen molar-refractivity contribution < 1.29 is 13.0 Å². The zero-order chi connectivity index (χ0) is 16.9. The monoisotopic (exact) mass is 334 g/mol. The van der Waals surface area contributed by atoms with Gasteiger partial charge in [0.25, 0.3) is 10.1 Å². The average Bonchev–Trinajstić information content (AvgIpc) is 2.51. The van der Waals surface area contributed by atoms with Crippen molar-refractivity contribution in [1.29, 1.82) is 0 Å². The van der Waals surface area contributed by atoms with E-state index in [-0.39, 0.29) is 4.90 Å². The van der Waals surface area contributed by atoms with Gasteiger partial charge in [0, 0.05) is 19.6 Å². The van der Waals surface area contributed by atoms with Crippen molar-refractivity contribution in [3.63, 3.8) is 0 Å². The molecule has 0 heterocycles. The minimum absolute atomic E-state index is 0.0947. The Morgan fingerprint density at radius 1 is 1.04 bits per heavy atom. The lowest BCUT2D eigenvalue weighted by atomic mass is 10.0. The van der Waals surface area contributed by atoms with Crippen LogP contribution in [0.4, 0.5) is 0 Å². The Labute approximate surface area is 137 Å². The number of nitrogens with zero attached hydrogens (tertiary/aromatic N) is 1. The van der Waals surface area contributed by atoms with E-state index in [0.29, 0.717) is 0 Å². The maximum Gasteiger partial charge on any atom is 0.294 e. The number of hydrogen-bond donors (Lipinski definition) is 2. The number of hydrogen-bond acceptors (Lipinski definition) is 4. The molecular weight excluding hydrogens is 312 g/mol. The van der Waals surface area contributed by atoms with Crippen molar-refractivity contribution in [1.82, 2.24) is 10.2 Å². The van der Waals surface area contributed by atoms with E-state index in [1.807, 2.05) is 26.2 Å². The van der Waals surface area contributed by atoms with Gasteiger partial charge in [0.1, 0.15) is 0 Å². The van der Waals surface area contributed by atoms with Crippen LogP contribution in [0.5, 0.6) is 0 Å². The second-order valence-electron chi connectivity index (χ2n) is 5.68. The van der Waals surface area contributed by atoms with Gasteiger partial charge < -0.3 is 10.2 Å². The minimum Gasteiger partial charge on any atom is -0.311 e. The van der Waals surface area contributed by atoms with Crippen molar-refractivity contribution >= 4 is 10.1 Å². The Kier molecular flexibility index (Phi) is 5.90. The first-order chi connectivity index (χ1) is 10.9. The highest BCUT2D eigenvalue weighted by molar-refractivity contribution is 7.85. The third-order valence-electron chi connectivity index (χ3n) is 3.48. The van der Waals surface area contributed by atoms with Crippen molar-refractivity contribution in [2.45, 2.75) is 11.4 Å². The molecule has 0 atom stereocenters. The summed E-state index contributed by atoms with van der Waals surface area (Å²) in [5.41, 5.74) is 3.09. The number of rotatable bonds is 7. The molecule has 0 bridgehead atoms. The summed E-state index contributed by atoms with van der Waals surface area (Å²) in [5, 5.41) is 3.39. The van der Waals surface area contributed by atoms with Gasteiger partial charge in [-0.2, -0.15) is 8.42 Å². The lowest BCUT2D eigenvalue weighted by Gasteiger charge is -2.11. The molecular formula is C17H22N2O3S. The standard InChI is InChI=1S/C17H22N2O3S/c1-19(2)11-10-18-13-14-4-3-5-16(12-14)15-6-8-17(9-7-15)23(20,21)22/h3-9,12,18H,10-11,13H2,1-2H3,(H,20,21,22). The Hall–Kier alpha value is -1.73. The van der Waals surface area contributed by atoms with Gasteiger partial charge >= 0.3 is 0 Å². The molecule has 23 heavy (non-hydrogen) atoms. The zero-order valence-corrected chi connectivity index (χ0v) is 14.2. The second kappa shape index (κ2) is 7.70. The number of nitrogens with one attached hydrogen (secondary N) is 1. The molecule has 5 nitrogen and oxygen atoms in total. The summed E-state index contributed by atoms with van der Waals surface area (Å²) >= 11 is 0. The van der Waals surface area contributed by atoms with Gasteiger partial charge in [0.2, 0.25) is 0 Å². The molecule has 0 aromatic heterocycles. The van der Waals surface area contributed by atoms with Crippen molar-refractivity contribution in [3.05, 3.63) is 54.1 Å². The maximum absolute atomic E-state index is 11.1. The van der Waals surface area contributed by atoms with E-state index in [0.717, 1.165) is 30.8 Å². The number of likely N-dealkylation sites (N-methyl/N-ethyl adjacent to an activating group) is 1. The molecule has 6 heteroatoms. The normalized spacial score (nSPS) is 11.8. The summed E-state index contributed by atoms with van der Waals surface area (Å²) in [4.78, 5) is 2.03. The molecule has 0 saturated heterocycles. The first kappa shape index (κ1) is 17.6. The fraction of sp³-hybridized carbons (Fsp3) is 0.294. The van der Waals surface area contributed by atoms with Gasteiger partial charge in [0.15, 0.2) is 0 Å². The minimum atomic E-state index is -4.15. The van der Waals surface area contributed by atoms with Crippen LogP contribution in [-0.4, -0.2) is 45.1 Å². The van der Waals surface area contributed by atoms with Gasteiger partial charge in [-0.25, -0.2) is 0 Å². The summed E-state index contributed by atoms with van der Waals surface area (Å²) in [6.07, 6.45) is 0. The molecule has 0 aliphatic carbocycles. The molecule has 0 saturated carbocycles. The average molecular weight is 334 g/mol. The lowest BCUT2D eigenvalue weighted by molar-refractivity contribution is 0.400. The highest BCUT2D eigenvalue weighted by atomic mass is 32.2. The van der Waals surface area contributed by atoms with E-state index in [1.165, 1.54) is 17.7 Å². The second-order valence-corrected chi connectivity index (χ2v) is 7.10. The van der Waals surface area contributed by atoms with E-state index in [2.05, 4.69) is 22.3 Å². The van der Waals surface area contributed by atoms with Crippen LogP contribution >= 0.6 is 0 Å². The Bertz CT molecular complexity index is 741. The van der Waals surface area contributed by atoms with Crippen LogP contribution in [0.2, 0.25) is 0 Å². The van der Waals surface area contributed by atoms with E-state index >= 15 is 0 Å². The topological polar surface area (TPSA) is 69.6 Å². The third-order valence-corrected chi connectivity index (χ3v) is 4.35. The molecule has 2 rings (SSSR count). The van der Waals surface area contributed by atoms with Crippen LogP contribution in [0.3, 0.4) is 0 Å². The SMILES string of the molecule is CN(C)CCNCc1cccc(-c2ccc(S(=O)(=O)O)cc2)c1. The first-order valence-corrected chi connectivity index (χ1v) is 8.82. The van der Waals surface area contributed by atoms with E-state index in [4.69, 9.17) is 4.55 Å². The summed E-state index contributed by atoms with van der Waals surface area (Å²) in [6, 6.07) is 14.3. The van der Waals surface area contributed by atoms with Crippen molar-refractivity contribution in [2.24, 2.45) is 0 Å². The summed E-state index contributed by atoms with van der Waals surface area (Å²) in [7, 11) is -0.0655. The fourth-order valence-electron chi connectivity index (χ4n) is 2.22. The summed E-state index contributed by atoms with van der Waals surface area (Å²) < 4.78 is 31.2. The zero-order valence-electron chi connectivity index (χ0n) is 13.4. The van der Waals surface area contributed by atoms with Crippen molar-refractivity contribution in [3.8, 4) is 11.1 Å². The molecule has 0 spiro atoms. The molecule has 0 aliphatic heterocycles. The van der Waals surface area contributed by atoms with Gasteiger partial charge in [-0.05, 0) is 49.0 Å². The fourth-order valence-corrected chi connectivity index (χ4v) is 2.70. The first-order valence-electron chi connectivity index (χ1n) is 7.38. The molecule has 124 valence electrons. The Morgan fingerprint density at radius 3 is 2.35 bits per heavy atom. The van der Waals surface area contributed by atoms with Crippen LogP contribution in [0.15, 0.2) is 53.4 Å². The van der Waals surface area contributed by atoms with Gasteiger partial charge in [0.05, 0.1) is 4.90 Å². The molecule has 0 unspecified atom stereocenters. The largest absolute Gasteiger partial charge is 0.311 e. The molecule has 0 aliphatic rings. The molecule has 0 fully saturated rings. The summed E-state index contributed by atoms with van der Waals surface area (Å²) in [6.45, 7) is 2.68. The van der Waals surface area contributed by atoms with Crippen LogP contribution in [0.1, 0.15) is 5.56 Å². The predicted molar refractivity (Wildman–Crippen MR) is 92.0 cm³/mol. The Balaban J connectivity index is 2.07. The van der Waals surface area contributed by atoms with Gasteiger partial charge in [-0.3, -0.25) is 4.55 Å². The Morgan fingerprint density at radius 2 is 1.74 bits per heavy atom. The van der Waals surface area contributed by atoms with Gasteiger partial charge in [-0.1, -0.05) is 30.3 Å². The van der Waals surface area contributed by atoms with Crippen LogP contribution in [-0.2, 0) is 16.7 Å². The van der Waals surface area contributed by atoms with Crippen LogP contribution < -0.4 is 5.32 Å². The van der Waals surface area contributed by atoms with Gasteiger partial charge in [-0.15, -0.1) is 0 Å². The molecule has 2 aromatic carbocycles. The number of benzene rings is 2. The highest BCUT2D eigenvalue weighted by Gasteiger charge is 2.09. The predicted octanol–water partition coefficient (Wildman–Crippen LogP) is 2.25. The summed E-state index contributed by atoms with van der Waals surface area (Å²) in [5.74, 6) is 0. The van der Waals surface area contributed by atoms with Crippen molar-refractivity contribution in [2.75, 3.05) is 27.2 Å². The molecule has 2 aromatic rings. The van der Waals surface area contributed by atoms with Crippen LogP contribution in [0.25, 0.3) is 11.1 Å².